The van der Waals surface area contributed by atoms with Gasteiger partial charge in [-0.25, -0.2) is 0 Å². The first-order valence-electron chi connectivity index (χ1n) is 7.39. The van der Waals surface area contributed by atoms with Crippen LogP contribution in [0.25, 0.3) is 0 Å². The number of carbonyl (C=O) groups is 2. The van der Waals surface area contributed by atoms with E-state index in [0.717, 1.165) is 0 Å². The second-order valence-electron chi connectivity index (χ2n) is 5.51. The van der Waals surface area contributed by atoms with Crippen LogP contribution in [0.5, 0.6) is 5.75 Å². The van der Waals surface area contributed by atoms with Crippen LogP contribution in [0.15, 0.2) is 24.3 Å². The van der Waals surface area contributed by atoms with E-state index >= 15 is 0 Å². The molecule has 6 nitrogen and oxygen atoms in total. The molecule has 1 aromatic carbocycles. The van der Waals surface area contributed by atoms with Crippen LogP contribution in [-0.4, -0.2) is 38.1 Å². The van der Waals surface area contributed by atoms with Crippen molar-refractivity contribution in [1.29, 1.82) is 0 Å². The lowest BCUT2D eigenvalue weighted by Gasteiger charge is -2.14. The summed E-state index contributed by atoms with van der Waals surface area (Å²) in [6, 6.07) is 6.32. The maximum atomic E-state index is 11.9. The van der Waals surface area contributed by atoms with E-state index in [4.69, 9.17) is 10.5 Å². The van der Waals surface area contributed by atoms with Crippen LogP contribution in [0, 0.1) is 5.92 Å². The first-order valence-corrected chi connectivity index (χ1v) is 7.39. The molecule has 0 spiro atoms. The Morgan fingerprint density at radius 3 is 2.27 bits per heavy atom. The van der Waals surface area contributed by atoms with Gasteiger partial charge in [0.2, 0.25) is 5.91 Å². The van der Waals surface area contributed by atoms with Crippen molar-refractivity contribution in [3.05, 3.63) is 29.8 Å². The number of benzene rings is 1. The number of nitrogens with one attached hydrogen (secondary N) is 2. The second-order valence-corrected chi connectivity index (χ2v) is 5.51. The van der Waals surface area contributed by atoms with Gasteiger partial charge in [-0.3, -0.25) is 9.59 Å². The molecular weight excluding hydrogens is 282 g/mol. The SMILES string of the molecule is COc1ccc(C(=O)NCCNC(=O)[C@@H](N)CC(C)C)cc1. The molecule has 0 fully saturated rings. The molecule has 0 radical (unpaired) electrons. The summed E-state index contributed by atoms with van der Waals surface area (Å²) in [6.45, 7) is 4.74. The van der Waals surface area contributed by atoms with Gasteiger partial charge in [-0.05, 0) is 36.6 Å². The highest BCUT2D eigenvalue weighted by Gasteiger charge is 2.14. The van der Waals surface area contributed by atoms with Gasteiger partial charge in [0.05, 0.1) is 13.2 Å². The molecule has 6 heteroatoms. The smallest absolute Gasteiger partial charge is 0.251 e. The molecule has 0 unspecified atom stereocenters. The number of amides is 2. The highest BCUT2D eigenvalue weighted by atomic mass is 16.5. The van der Waals surface area contributed by atoms with Crippen molar-refractivity contribution in [3.8, 4) is 5.75 Å². The molecule has 4 N–H and O–H groups in total. The van der Waals surface area contributed by atoms with Crippen molar-refractivity contribution in [2.24, 2.45) is 11.7 Å². The second kappa shape index (κ2) is 9.04. The van der Waals surface area contributed by atoms with Crippen molar-refractivity contribution in [3.63, 3.8) is 0 Å². The summed E-state index contributed by atoms with van der Waals surface area (Å²) in [6.07, 6.45) is 0.643. The Balaban J connectivity index is 2.28. The zero-order chi connectivity index (χ0) is 16.5. The third kappa shape index (κ3) is 6.13. The lowest BCUT2D eigenvalue weighted by molar-refractivity contribution is -0.122. The Morgan fingerprint density at radius 1 is 1.14 bits per heavy atom. The molecule has 1 rings (SSSR count). The molecule has 0 aliphatic rings. The largest absolute Gasteiger partial charge is 0.497 e. The molecular formula is C16H25N3O3. The first kappa shape index (κ1) is 18.0. The van der Waals surface area contributed by atoms with E-state index in [-0.39, 0.29) is 11.8 Å². The van der Waals surface area contributed by atoms with E-state index in [0.29, 0.717) is 36.7 Å². The molecule has 0 aliphatic carbocycles. The van der Waals surface area contributed by atoms with E-state index in [1.54, 1.807) is 31.4 Å². The van der Waals surface area contributed by atoms with Gasteiger partial charge in [0.1, 0.15) is 5.75 Å². The number of hydrogen-bond donors (Lipinski definition) is 3. The van der Waals surface area contributed by atoms with Gasteiger partial charge in [-0.2, -0.15) is 0 Å². The average Bonchev–Trinajstić information content (AvgIpc) is 2.50. The summed E-state index contributed by atoms with van der Waals surface area (Å²) in [5.41, 5.74) is 6.31. The van der Waals surface area contributed by atoms with Crippen molar-refractivity contribution in [1.82, 2.24) is 10.6 Å². The minimum absolute atomic E-state index is 0.188. The van der Waals surface area contributed by atoms with E-state index in [2.05, 4.69) is 10.6 Å². The van der Waals surface area contributed by atoms with Gasteiger partial charge in [0, 0.05) is 18.7 Å². The van der Waals surface area contributed by atoms with Gasteiger partial charge < -0.3 is 21.1 Å². The molecule has 22 heavy (non-hydrogen) atoms. The molecule has 0 heterocycles. The number of hydrogen-bond acceptors (Lipinski definition) is 4. The number of rotatable bonds is 8. The van der Waals surface area contributed by atoms with Crippen molar-refractivity contribution in [2.45, 2.75) is 26.3 Å². The highest BCUT2D eigenvalue weighted by Crippen LogP contribution is 2.10. The number of nitrogens with two attached hydrogens (primary N) is 1. The molecule has 2 amide bonds. The normalized spacial score (nSPS) is 11.9. The topological polar surface area (TPSA) is 93.5 Å². The molecule has 0 bridgehead atoms. The maximum absolute atomic E-state index is 11.9. The summed E-state index contributed by atoms with van der Waals surface area (Å²) in [4.78, 5) is 23.6. The summed E-state index contributed by atoms with van der Waals surface area (Å²) in [5.74, 6) is 0.689. The highest BCUT2D eigenvalue weighted by molar-refractivity contribution is 5.94. The van der Waals surface area contributed by atoms with Gasteiger partial charge in [0.25, 0.3) is 5.91 Å². The summed E-state index contributed by atoms with van der Waals surface area (Å²) in [5, 5.41) is 5.45. The fourth-order valence-electron chi connectivity index (χ4n) is 1.95. The predicted octanol–water partition coefficient (Wildman–Crippen LogP) is 0.915. The van der Waals surface area contributed by atoms with E-state index in [1.165, 1.54) is 0 Å². The maximum Gasteiger partial charge on any atom is 0.251 e. The van der Waals surface area contributed by atoms with Gasteiger partial charge in [0.15, 0.2) is 0 Å². The molecule has 0 saturated carbocycles. The van der Waals surface area contributed by atoms with Crippen LogP contribution in [0.3, 0.4) is 0 Å². The predicted molar refractivity (Wildman–Crippen MR) is 85.8 cm³/mol. The van der Waals surface area contributed by atoms with Crippen molar-refractivity contribution in [2.75, 3.05) is 20.2 Å². The number of methoxy groups -OCH3 is 1. The van der Waals surface area contributed by atoms with Crippen molar-refractivity contribution < 1.29 is 14.3 Å². The quantitative estimate of drug-likeness (QED) is 0.622. The van der Waals surface area contributed by atoms with E-state index in [9.17, 15) is 9.59 Å². The number of ether oxygens (including phenoxy) is 1. The van der Waals surface area contributed by atoms with Crippen LogP contribution in [-0.2, 0) is 4.79 Å². The molecule has 0 saturated heterocycles. The third-order valence-electron chi connectivity index (χ3n) is 3.12. The fraction of sp³-hybridized carbons (Fsp3) is 0.500. The Morgan fingerprint density at radius 2 is 1.73 bits per heavy atom. The number of carbonyl (C=O) groups excluding carboxylic acids is 2. The third-order valence-corrected chi connectivity index (χ3v) is 3.12. The van der Waals surface area contributed by atoms with Crippen LogP contribution in [0.2, 0.25) is 0 Å². The van der Waals surface area contributed by atoms with Crippen LogP contribution in [0.1, 0.15) is 30.6 Å². The Bertz CT molecular complexity index is 486. The van der Waals surface area contributed by atoms with Crippen LogP contribution >= 0.6 is 0 Å². The van der Waals surface area contributed by atoms with Crippen LogP contribution < -0.4 is 21.1 Å². The minimum Gasteiger partial charge on any atom is -0.497 e. The standard InChI is InChI=1S/C16H25N3O3/c1-11(2)10-14(17)16(21)19-9-8-18-15(20)12-4-6-13(22-3)7-5-12/h4-7,11,14H,8-10,17H2,1-3H3,(H,18,20)(H,19,21)/t14-/m0/s1. The summed E-state index contributed by atoms with van der Waals surface area (Å²) in [7, 11) is 1.57. The van der Waals surface area contributed by atoms with E-state index < -0.39 is 6.04 Å². The van der Waals surface area contributed by atoms with Crippen molar-refractivity contribution >= 4 is 11.8 Å². The van der Waals surface area contributed by atoms with Gasteiger partial charge in [-0.15, -0.1) is 0 Å². The molecule has 1 aromatic rings. The monoisotopic (exact) mass is 307 g/mol. The van der Waals surface area contributed by atoms with E-state index in [1.807, 2.05) is 13.8 Å². The van der Waals surface area contributed by atoms with Gasteiger partial charge >= 0.3 is 0 Å². The zero-order valence-corrected chi connectivity index (χ0v) is 13.4. The summed E-state index contributed by atoms with van der Waals surface area (Å²) < 4.78 is 5.03. The minimum atomic E-state index is -0.503. The Hall–Kier alpha value is -2.08. The fourth-order valence-corrected chi connectivity index (χ4v) is 1.95. The molecule has 0 aliphatic heterocycles. The zero-order valence-electron chi connectivity index (χ0n) is 13.4. The molecule has 0 aromatic heterocycles. The summed E-state index contributed by atoms with van der Waals surface area (Å²) >= 11 is 0. The lowest BCUT2D eigenvalue weighted by atomic mass is 10.0. The molecule has 1 atom stereocenters. The Labute approximate surface area is 131 Å². The lowest BCUT2D eigenvalue weighted by Crippen LogP contribution is -2.44. The van der Waals surface area contributed by atoms with Crippen LogP contribution in [0.4, 0.5) is 0 Å². The Kier molecular flexibility index (Phi) is 7.39. The molecule has 122 valence electrons. The first-order chi connectivity index (χ1) is 10.4. The average molecular weight is 307 g/mol. The van der Waals surface area contributed by atoms with Gasteiger partial charge in [-0.1, -0.05) is 13.8 Å².